The minimum Gasteiger partial charge on any atom is -0.493 e. The van der Waals surface area contributed by atoms with Gasteiger partial charge in [0.25, 0.3) is 0 Å². The summed E-state index contributed by atoms with van der Waals surface area (Å²) in [6, 6.07) is 3.97. The van der Waals surface area contributed by atoms with Gasteiger partial charge in [0.05, 0.1) is 26.9 Å². The number of hydrogen-bond donors (Lipinski definition) is 0. The van der Waals surface area contributed by atoms with Crippen LogP contribution in [-0.4, -0.2) is 36.1 Å². The smallest absolute Gasteiger partial charge is 0.204 e. The van der Waals surface area contributed by atoms with Gasteiger partial charge >= 0.3 is 0 Å². The second kappa shape index (κ2) is 5.81. The number of methoxy groups -OCH3 is 3. The Labute approximate surface area is 118 Å². The number of rotatable bonds is 5. The molecule has 0 aliphatic carbocycles. The quantitative estimate of drug-likeness (QED) is 0.840. The Kier molecular flexibility index (Phi) is 4.12. The summed E-state index contributed by atoms with van der Waals surface area (Å²) in [4.78, 5) is 0. The molecule has 1 heterocycles. The summed E-state index contributed by atoms with van der Waals surface area (Å²) in [6.45, 7) is 4.14. The van der Waals surface area contributed by atoms with Gasteiger partial charge in [-0.05, 0) is 26.0 Å². The molecule has 0 amide bonds. The van der Waals surface area contributed by atoms with E-state index in [1.54, 1.807) is 27.7 Å². The molecule has 1 aromatic carbocycles. The van der Waals surface area contributed by atoms with E-state index in [0.717, 1.165) is 11.4 Å². The minimum atomic E-state index is 0.248. The molecule has 0 atom stereocenters. The SMILES string of the molecule is COc1ccc(-c2nncn2C(C)C)c(OC)c1OC. The molecule has 0 aliphatic rings. The number of ether oxygens (including phenoxy) is 3. The first-order chi connectivity index (χ1) is 9.63. The van der Waals surface area contributed by atoms with E-state index in [-0.39, 0.29) is 6.04 Å². The molecule has 6 heteroatoms. The molecule has 0 saturated heterocycles. The molecule has 0 bridgehead atoms. The summed E-state index contributed by atoms with van der Waals surface area (Å²) in [5, 5.41) is 8.16. The van der Waals surface area contributed by atoms with Crippen LogP contribution in [0.3, 0.4) is 0 Å². The zero-order chi connectivity index (χ0) is 14.7. The van der Waals surface area contributed by atoms with E-state index < -0.39 is 0 Å². The highest BCUT2D eigenvalue weighted by Crippen LogP contribution is 2.43. The van der Waals surface area contributed by atoms with E-state index in [2.05, 4.69) is 24.0 Å². The van der Waals surface area contributed by atoms with E-state index >= 15 is 0 Å². The minimum absolute atomic E-state index is 0.248. The van der Waals surface area contributed by atoms with Gasteiger partial charge in [-0.2, -0.15) is 0 Å². The van der Waals surface area contributed by atoms with Gasteiger partial charge in [-0.15, -0.1) is 10.2 Å². The maximum absolute atomic E-state index is 5.48. The van der Waals surface area contributed by atoms with Crippen molar-refractivity contribution < 1.29 is 14.2 Å². The number of benzene rings is 1. The second-order valence-electron chi connectivity index (χ2n) is 4.54. The lowest BCUT2D eigenvalue weighted by Crippen LogP contribution is -2.04. The van der Waals surface area contributed by atoms with Crippen molar-refractivity contribution >= 4 is 0 Å². The Morgan fingerprint density at radius 1 is 1.00 bits per heavy atom. The third-order valence-electron chi connectivity index (χ3n) is 3.07. The van der Waals surface area contributed by atoms with Crippen molar-refractivity contribution in [3.05, 3.63) is 18.5 Å². The number of hydrogen-bond acceptors (Lipinski definition) is 5. The fraction of sp³-hybridized carbons (Fsp3) is 0.429. The van der Waals surface area contributed by atoms with Crippen LogP contribution in [0.15, 0.2) is 18.5 Å². The zero-order valence-electron chi connectivity index (χ0n) is 12.4. The molecular formula is C14H19N3O3. The highest BCUT2D eigenvalue weighted by atomic mass is 16.5. The molecule has 0 N–H and O–H groups in total. The summed E-state index contributed by atoms with van der Waals surface area (Å²) in [5.74, 6) is 2.48. The molecule has 108 valence electrons. The predicted octanol–water partition coefficient (Wildman–Crippen LogP) is 2.55. The van der Waals surface area contributed by atoms with Crippen molar-refractivity contribution in [2.75, 3.05) is 21.3 Å². The van der Waals surface area contributed by atoms with Crippen LogP contribution in [0.4, 0.5) is 0 Å². The van der Waals surface area contributed by atoms with Gasteiger partial charge in [0, 0.05) is 6.04 Å². The van der Waals surface area contributed by atoms with Crippen LogP contribution in [0, 0.1) is 0 Å². The summed E-state index contributed by atoms with van der Waals surface area (Å²) in [6.07, 6.45) is 1.70. The molecule has 6 nitrogen and oxygen atoms in total. The fourth-order valence-electron chi connectivity index (χ4n) is 2.09. The maximum Gasteiger partial charge on any atom is 0.204 e. The van der Waals surface area contributed by atoms with Crippen molar-refractivity contribution in [1.82, 2.24) is 14.8 Å². The highest BCUT2D eigenvalue weighted by Gasteiger charge is 2.21. The average molecular weight is 277 g/mol. The summed E-state index contributed by atoms with van der Waals surface area (Å²) in [5.41, 5.74) is 0.816. The normalized spacial score (nSPS) is 10.7. The van der Waals surface area contributed by atoms with Gasteiger partial charge in [-0.1, -0.05) is 0 Å². The van der Waals surface area contributed by atoms with Crippen molar-refractivity contribution in [3.63, 3.8) is 0 Å². The fourth-order valence-corrected chi connectivity index (χ4v) is 2.09. The summed E-state index contributed by atoms with van der Waals surface area (Å²) < 4.78 is 18.1. The lowest BCUT2D eigenvalue weighted by molar-refractivity contribution is 0.325. The molecule has 20 heavy (non-hydrogen) atoms. The molecular weight excluding hydrogens is 258 g/mol. The predicted molar refractivity (Wildman–Crippen MR) is 75.5 cm³/mol. The van der Waals surface area contributed by atoms with Crippen LogP contribution in [0.25, 0.3) is 11.4 Å². The molecule has 2 aromatic rings. The first-order valence-electron chi connectivity index (χ1n) is 6.32. The second-order valence-corrected chi connectivity index (χ2v) is 4.54. The topological polar surface area (TPSA) is 58.4 Å². The maximum atomic E-state index is 5.48. The summed E-state index contributed by atoms with van der Waals surface area (Å²) >= 11 is 0. The van der Waals surface area contributed by atoms with Crippen LogP contribution < -0.4 is 14.2 Å². The van der Waals surface area contributed by atoms with Crippen molar-refractivity contribution in [2.45, 2.75) is 19.9 Å². The third kappa shape index (κ3) is 2.29. The third-order valence-corrected chi connectivity index (χ3v) is 3.07. The average Bonchev–Trinajstić information content (AvgIpc) is 2.94. The van der Waals surface area contributed by atoms with Crippen LogP contribution in [0.5, 0.6) is 17.2 Å². The number of aromatic nitrogens is 3. The van der Waals surface area contributed by atoms with Gasteiger partial charge in [-0.25, -0.2) is 0 Å². The number of nitrogens with zero attached hydrogens (tertiary/aromatic N) is 3. The largest absolute Gasteiger partial charge is 0.493 e. The van der Waals surface area contributed by atoms with Gasteiger partial charge in [0.15, 0.2) is 17.3 Å². The molecule has 0 aliphatic heterocycles. The van der Waals surface area contributed by atoms with Crippen molar-refractivity contribution in [1.29, 1.82) is 0 Å². The van der Waals surface area contributed by atoms with Gasteiger partial charge < -0.3 is 18.8 Å². The Morgan fingerprint density at radius 3 is 2.25 bits per heavy atom. The van der Waals surface area contributed by atoms with E-state index in [4.69, 9.17) is 14.2 Å². The Morgan fingerprint density at radius 2 is 1.70 bits per heavy atom. The first-order valence-corrected chi connectivity index (χ1v) is 6.32. The van der Waals surface area contributed by atoms with Crippen molar-refractivity contribution in [2.24, 2.45) is 0 Å². The first kappa shape index (κ1) is 14.2. The summed E-state index contributed by atoms with van der Waals surface area (Å²) in [7, 11) is 4.77. The van der Waals surface area contributed by atoms with E-state index in [0.29, 0.717) is 17.2 Å². The molecule has 0 fully saturated rings. The van der Waals surface area contributed by atoms with Crippen molar-refractivity contribution in [3.8, 4) is 28.6 Å². The molecule has 1 aromatic heterocycles. The molecule has 0 saturated carbocycles. The highest BCUT2D eigenvalue weighted by molar-refractivity contribution is 5.72. The van der Waals surface area contributed by atoms with Gasteiger partial charge in [0.1, 0.15) is 6.33 Å². The Bertz CT molecular complexity index is 593. The van der Waals surface area contributed by atoms with E-state index in [9.17, 15) is 0 Å². The van der Waals surface area contributed by atoms with Crippen LogP contribution in [0.2, 0.25) is 0 Å². The molecule has 0 spiro atoms. The van der Waals surface area contributed by atoms with Gasteiger partial charge in [0.2, 0.25) is 5.75 Å². The van der Waals surface area contributed by atoms with Crippen LogP contribution in [-0.2, 0) is 0 Å². The lowest BCUT2D eigenvalue weighted by atomic mass is 10.1. The monoisotopic (exact) mass is 277 g/mol. The van der Waals surface area contributed by atoms with Crippen LogP contribution in [0.1, 0.15) is 19.9 Å². The molecule has 0 unspecified atom stereocenters. The Hall–Kier alpha value is -2.24. The Balaban J connectivity index is 2.65. The zero-order valence-corrected chi connectivity index (χ0v) is 12.4. The molecule has 2 rings (SSSR count). The van der Waals surface area contributed by atoms with Crippen LogP contribution >= 0.6 is 0 Å². The standard InChI is InChI=1S/C14H19N3O3/c1-9(2)17-8-15-16-14(17)10-6-7-11(18-3)13(20-5)12(10)19-4/h6-9H,1-5H3. The van der Waals surface area contributed by atoms with E-state index in [1.165, 1.54) is 0 Å². The van der Waals surface area contributed by atoms with Gasteiger partial charge in [-0.3, -0.25) is 0 Å². The molecule has 0 radical (unpaired) electrons. The van der Waals surface area contributed by atoms with E-state index in [1.807, 2.05) is 16.7 Å². The lowest BCUT2D eigenvalue weighted by Gasteiger charge is -2.16.